The molecule has 0 aliphatic carbocycles. The van der Waals surface area contributed by atoms with Crippen LogP contribution < -0.4 is 0 Å². The van der Waals surface area contributed by atoms with E-state index in [0.29, 0.717) is 12.8 Å². The molecule has 30 heavy (non-hydrogen) atoms. The number of likely N-dealkylation sites (N-methyl/N-ethyl adjacent to an activating group) is 1. The third kappa shape index (κ3) is 3.18. The Kier molecular flexibility index (Phi) is 4.79. The van der Waals surface area contributed by atoms with Crippen molar-refractivity contribution in [3.05, 3.63) is 65.3 Å². The number of rotatable bonds is 4. The first-order valence-corrected chi connectivity index (χ1v) is 11.1. The summed E-state index contributed by atoms with van der Waals surface area (Å²) in [5.41, 5.74) is 0.155. The number of aromatic nitrogens is 1. The molecule has 6 nitrogen and oxygen atoms in total. The van der Waals surface area contributed by atoms with Crippen LogP contribution in [0, 0.1) is 0 Å². The molecule has 0 unspecified atom stereocenters. The van der Waals surface area contributed by atoms with Gasteiger partial charge in [-0.2, -0.15) is 0 Å². The van der Waals surface area contributed by atoms with Gasteiger partial charge >= 0.3 is 6.03 Å². The van der Waals surface area contributed by atoms with Crippen molar-refractivity contribution in [2.75, 3.05) is 20.1 Å². The van der Waals surface area contributed by atoms with Crippen molar-refractivity contribution in [1.82, 2.24) is 19.7 Å². The number of thiophene rings is 1. The molecule has 2 aromatic heterocycles. The van der Waals surface area contributed by atoms with Crippen molar-refractivity contribution in [3.8, 4) is 0 Å². The van der Waals surface area contributed by atoms with Crippen LogP contribution in [0.3, 0.4) is 0 Å². The molecule has 5 rings (SSSR count). The zero-order chi connectivity index (χ0) is 20.7. The fourth-order valence-corrected chi connectivity index (χ4v) is 5.73. The molecule has 154 valence electrons. The molecule has 3 amide bonds. The molecule has 7 heteroatoms. The third-order valence-corrected chi connectivity index (χ3v) is 7.51. The monoisotopic (exact) mass is 420 g/mol. The summed E-state index contributed by atoms with van der Waals surface area (Å²) in [5, 5.41) is 1.29. The normalized spacial score (nSPS) is 19.4. The van der Waals surface area contributed by atoms with Gasteiger partial charge in [-0.1, -0.05) is 24.3 Å². The van der Waals surface area contributed by atoms with E-state index in [9.17, 15) is 9.59 Å². The zero-order valence-corrected chi connectivity index (χ0v) is 17.8. The smallest absolute Gasteiger partial charge is 0.312 e. The number of carbonyl (C=O) groups is 2. The van der Waals surface area contributed by atoms with Gasteiger partial charge in [-0.05, 0) is 42.0 Å². The van der Waals surface area contributed by atoms with Crippen molar-refractivity contribution in [3.63, 3.8) is 0 Å². The number of fused-ring (bicyclic) bond motifs is 1. The average molecular weight is 421 g/mol. The summed E-state index contributed by atoms with van der Waals surface area (Å²) in [6.45, 7) is 2.78. The average Bonchev–Trinajstić information content (AvgIpc) is 3.25. The largest absolute Gasteiger partial charge is 0.327 e. The Balaban J connectivity index is 1.28. The van der Waals surface area contributed by atoms with E-state index in [1.807, 2.05) is 23.5 Å². The lowest BCUT2D eigenvalue weighted by Gasteiger charge is -2.40. The SMILES string of the molecule is CN1C(=O)N(Cc2cccnc2)C(=O)C12CCN(Cc1cc3ccccc3s1)CC2. The Bertz CT molecular complexity index is 1060. The number of carbonyl (C=O) groups excluding carboxylic acids is 2. The molecule has 0 radical (unpaired) electrons. The quantitative estimate of drug-likeness (QED) is 0.604. The lowest BCUT2D eigenvalue weighted by Crippen LogP contribution is -2.55. The summed E-state index contributed by atoms with van der Waals surface area (Å²) in [6, 6.07) is 14.2. The van der Waals surface area contributed by atoms with Crippen molar-refractivity contribution in [2.24, 2.45) is 0 Å². The highest BCUT2D eigenvalue weighted by atomic mass is 32.1. The minimum Gasteiger partial charge on any atom is -0.312 e. The highest BCUT2D eigenvalue weighted by Gasteiger charge is 2.56. The second-order valence-electron chi connectivity index (χ2n) is 8.15. The van der Waals surface area contributed by atoms with E-state index < -0.39 is 5.54 Å². The minimum atomic E-state index is -0.712. The van der Waals surface area contributed by atoms with Crippen molar-refractivity contribution < 1.29 is 9.59 Å². The summed E-state index contributed by atoms with van der Waals surface area (Å²) >= 11 is 1.83. The van der Waals surface area contributed by atoms with Crippen LogP contribution in [-0.4, -0.2) is 57.3 Å². The van der Waals surface area contributed by atoms with E-state index >= 15 is 0 Å². The van der Waals surface area contributed by atoms with Crippen molar-refractivity contribution in [1.29, 1.82) is 0 Å². The van der Waals surface area contributed by atoms with Gasteiger partial charge in [0.1, 0.15) is 5.54 Å². The predicted octanol–water partition coefficient (Wildman–Crippen LogP) is 3.73. The van der Waals surface area contributed by atoms with Gasteiger partial charge in [-0.15, -0.1) is 11.3 Å². The molecule has 1 aromatic carbocycles. The summed E-state index contributed by atoms with van der Waals surface area (Å²) in [7, 11) is 1.77. The van der Waals surface area contributed by atoms with Crippen LogP contribution in [-0.2, 0) is 17.9 Å². The molecule has 0 atom stereocenters. The van der Waals surface area contributed by atoms with Gasteiger partial charge in [0.2, 0.25) is 0 Å². The predicted molar refractivity (Wildman–Crippen MR) is 117 cm³/mol. The van der Waals surface area contributed by atoms with Gasteiger partial charge in [-0.3, -0.25) is 19.6 Å². The summed E-state index contributed by atoms with van der Waals surface area (Å²) in [4.78, 5) is 37.1. The van der Waals surface area contributed by atoms with Crippen LogP contribution in [0.15, 0.2) is 54.9 Å². The number of imide groups is 1. The van der Waals surface area contributed by atoms with Crippen molar-refractivity contribution in [2.45, 2.75) is 31.5 Å². The lowest BCUT2D eigenvalue weighted by molar-refractivity contribution is -0.135. The summed E-state index contributed by atoms with van der Waals surface area (Å²) in [6.07, 6.45) is 4.74. The first kappa shape index (κ1) is 19.2. The van der Waals surface area contributed by atoms with Crippen LogP contribution in [0.5, 0.6) is 0 Å². The maximum Gasteiger partial charge on any atom is 0.327 e. The highest BCUT2D eigenvalue weighted by Crippen LogP contribution is 2.37. The Morgan fingerprint density at radius 2 is 1.87 bits per heavy atom. The lowest BCUT2D eigenvalue weighted by atomic mass is 9.86. The number of urea groups is 1. The van der Waals surface area contributed by atoms with Crippen LogP contribution in [0.1, 0.15) is 23.3 Å². The Hall–Kier alpha value is -2.77. The van der Waals surface area contributed by atoms with Crippen LogP contribution in [0.25, 0.3) is 10.1 Å². The van der Waals surface area contributed by atoms with Gasteiger partial charge in [-0.25, -0.2) is 4.79 Å². The molecule has 0 saturated carbocycles. The molecule has 3 aromatic rings. The summed E-state index contributed by atoms with van der Waals surface area (Å²) < 4.78 is 1.31. The first-order valence-electron chi connectivity index (χ1n) is 10.3. The van der Waals surface area contributed by atoms with E-state index in [-0.39, 0.29) is 18.5 Å². The molecular formula is C23H24N4O2S. The van der Waals surface area contributed by atoms with Crippen LogP contribution in [0.2, 0.25) is 0 Å². The molecule has 2 aliphatic heterocycles. The van der Waals surface area contributed by atoms with Gasteiger partial charge in [0.15, 0.2) is 0 Å². The van der Waals surface area contributed by atoms with Gasteiger partial charge < -0.3 is 4.90 Å². The highest BCUT2D eigenvalue weighted by molar-refractivity contribution is 7.19. The fraction of sp³-hybridized carbons (Fsp3) is 0.348. The van der Waals surface area contributed by atoms with E-state index in [4.69, 9.17) is 0 Å². The molecular weight excluding hydrogens is 396 g/mol. The third-order valence-electron chi connectivity index (χ3n) is 6.41. The molecule has 2 aliphatic rings. The molecule has 4 heterocycles. The maximum atomic E-state index is 13.3. The number of likely N-dealkylation sites (tertiary alicyclic amines) is 1. The number of hydrogen-bond donors (Lipinski definition) is 0. The number of hydrogen-bond acceptors (Lipinski definition) is 5. The molecule has 2 fully saturated rings. The van der Waals surface area contributed by atoms with Gasteiger partial charge in [0.05, 0.1) is 6.54 Å². The maximum absolute atomic E-state index is 13.3. The van der Waals surface area contributed by atoms with Crippen LogP contribution in [0.4, 0.5) is 4.79 Å². The number of amides is 3. The number of piperidine rings is 1. The number of benzene rings is 1. The summed E-state index contributed by atoms with van der Waals surface area (Å²) in [5.74, 6) is -0.0691. The molecule has 0 N–H and O–H groups in total. The van der Waals surface area contributed by atoms with E-state index in [2.05, 4.69) is 40.2 Å². The molecule has 1 spiro atoms. The van der Waals surface area contributed by atoms with Crippen molar-refractivity contribution >= 4 is 33.4 Å². The Morgan fingerprint density at radius 3 is 2.60 bits per heavy atom. The molecule has 0 bridgehead atoms. The van der Waals surface area contributed by atoms with E-state index in [1.165, 1.54) is 19.9 Å². The van der Waals surface area contributed by atoms with Crippen LogP contribution >= 0.6 is 11.3 Å². The van der Waals surface area contributed by atoms with E-state index in [1.54, 1.807) is 24.3 Å². The zero-order valence-electron chi connectivity index (χ0n) is 17.0. The number of pyridine rings is 1. The van der Waals surface area contributed by atoms with Gasteiger partial charge in [0, 0.05) is 48.7 Å². The fourth-order valence-electron chi connectivity index (χ4n) is 4.62. The molecule has 2 saturated heterocycles. The van der Waals surface area contributed by atoms with E-state index in [0.717, 1.165) is 25.2 Å². The second kappa shape index (κ2) is 7.49. The minimum absolute atomic E-state index is 0.0691. The Labute approximate surface area is 179 Å². The first-order chi connectivity index (χ1) is 14.6. The van der Waals surface area contributed by atoms with Gasteiger partial charge in [0.25, 0.3) is 5.91 Å². The second-order valence-corrected chi connectivity index (χ2v) is 9.32. The Morgan fingerprint density at radius 1 is 1.07 bits per heavy atom. The standard InChI is InChI=1S/C23H24N4O2S/c1-25-22(29)27(15-17-5-4-10-24-14-17)21(28)23(25)8-11-26(12-9-23)16-19-13-18-6-2-3-7-20(18)30-19/h2-7,10,13-14H,8-9,11-12,15-16H2,1H3. The topological polar surface area (TPSA) is 56.8 Å². The number of nitrogens with zero attached hydrogens (tertiary/aromatic N) is 4.